The van der Waals surface area contributed by atoms with Gasteiger partial charge in [-0.15, -0.1) is 0 Å². The molecule has 1 saturated carbocycles. The normalized spacial score (nSPS) is 38.0. The van der Waals surface area contributed by atoms with Crippen LogP contribution in [0.25, 0.3) is 0 Å². The number of ether oxygens (including phenoxy) is 1. The summed E-state index contributed by atoms with van der Waals surface area (Å²) < 4.78 is 89.1. The molecule has 1 saturated heterocycles. The highest BCUT2D eigenvalue weighted by Crippen LogP contribution is 2.66. The van der Waals surface area contributed by atoms with Gasteiger partial charge in [0.25, 0.3) is 0 Å². The summed E-state index contributed by atoms with van der Waals surface area (Å²) in [5.41, 5.74) is -7.23. The average molecular weight is 348 g/mol. The van der Waals surface area contributed by atoms with Gasteiger partial charge < -0.3 is 9.84 Å². The maximum Gasteiger partial charge on any atom is 0.374 e. The van der Waals surface area contributed by atoms with Crippen LogP contribution in [0, 0.1) is 5.92 Å². The average Bonchev–Trinajstić information content (AvgIpc) is 2.55. The molecule has 2 atom stereocenters. The summed E-state index contributed by atoms with van der Waals surface area (Å²) in [6.07, 6.45) is -2.89. The van der Waals surface area contributed by atoms with E-state index in [1.54, 1.807) is 0 Å². The van der Waals surface area contributed by atoms with Gasteiger partial charge in [0.05, 0.1) is 5.60 Å². The molecule has 2 aliphatic rings. The third-order valence-electron chi connectivity index (χ3n) is 4.79. The Balaban J connectivity index is 2.72. The third-order valence-corrected chi connectivity index (χ3v) is 4.79. The maximum atomic E-state index is 14.5. The predicted octanol–water partition coefficient (Wildman–Crippen LogP) is 3.19. The van der Waals surface area contributed by atoms with Crippen LogP contribution in [0.3, 0.4) is 0 Å². The monoisotopic (exact) mass is 348 g/mol. The molecule has 2 fully saturated rings. The summed E-state index contributed by atoms with van der Waals surface area (Å²) in [6.45, 7) is 4.11. The lowest BCUT2D eigenvalue weighted by Crippen LogP contribution is -2.75. The molecule has 0 aromatic heterocycles. The zero-order valence-electron chi connectivity index (χ0n) is 13.0. The molecule has 134 valence electrons. The largest absolute Gasteiger partial charge is 0.390 e. The number of hydrogen-bond donors (Lipinski definition) is 1. The van der Waals surface area contributed by atoms with Crippen molar-refractivity contribution >= 4 is 5.78 Å². The molecule has 0 aromatic carbocycles. The van der Waals surface area contributed by atoms with Crippen molar-refractivity contribution < 1.29 is 41.0 Å². The fourth-order valence-corrected chi connectivity index (χ4v) is 3.45. The van der Waals surface area contributed by atoms with Gasteiger partial charge >= 0.3 is 17.8 Å². The number of carbonyl (C=O) groups excluding carboxylic acids is 1. The van der Waals surface area contributed by atoms with Crippen molar-refractivity contribution in [2.75, 3.05) is 0 Å². The van der Waals surface area contributed by atoms with Crippen LogP contribution in [0.15, 0.2) is 0 Å². The Morgan fingerprint density at radius 1 is 1.09 bits per heavy atom. The van der Waals surface area contributed by atoms with Crippen molar-refractivity contribution in [3.05, 3.63) is 0 Å². The summed E-state index contributed by atoms with van der Waals surface area (Å²) >= 11 is 0. The SMILES string of the molecule is CC1(C)OC2(CC1=O)C(C(C)(C)O)CC(F)(F)C(F)(F)C2(F)F. The highest BCUT2D eigenvalue weighted by Gasteiger charge is 2.87. The number of ketones is 1. The van der Waals surface area contributed by atoms with E-state index in [-0.39, 0.29) is 0 Å². The summed E-state index contributed by atoms with van der Waals surface area (Å²) in [5, 5.41) is 10.1. The van der Waals surface area contributed by atoms with Gasteiger partial charge in [0.1, 0.15) is 5.60 Å². The lowest BCUT2D eigenvalue weighted by Gasteiger charge is -2.55. The Morgan fingerprint density at radius 3 is 1.91 bits per heavy atom. The van der Waals surface area contributed by atoms with Crippen LogP contribution in [0.1, 0.15) is 40.5 Å². The van der Waals surface area contributed by atoms with Crippen LogP contribution in [-0.4, -0.2) is 45.5 Å². The second-order valence-electron chi connectivity index (χ2n) is 7.37. The minimum atomic E-state index is -5.71. The van der Waals surface area contributed by atoms with Crippen LogP contribution in [0.5, 0.6) is 0 Å². The second-order valence-corrected chi connectivity index (χ2v) is 7.37. The smallest absolute Gasteiger partial charge is 0.374 e. The number of alkyl halides is 6. The van der Waals surface area contributed by atoms with Crippen molar-refractivity contribution in [3.8, 4) is 0 Å². The minimum absolute atomic E-state index is 0.910. The summed E-state index contributed by atoms with van der Waals surface area (Å²) in [7, 11) is 0. The van der Waals surface area contributed by atoms with Gasteiger partial charge in [0, 0.05) is 18.8 Å². The lowest BCUT2D eigenvalue weighted by atomic mass is 9.62. The zero-order valence-corrected chi connectivity index (χ0v) is 13.0. The van der Waals surface area contributed by atoms with E-state index in [0.29, 0.717) is 0 Å². The highest BCUT2D eigenvalue weighted by atomic mass is 19.3. The van der Waals surface area contributed by atoms with Gasteiger partial charge in [-0.25, -0.2) is 0 Å². The van der Waals surface area contributed by atoms with E-state index in [1.807, 2.05) is 0 Å². The van der Waals surface area contributed by atoms with Crippen LogP contribution in [0.4, 0.5) is 26.3 Å². The van der Waals surface area contributed by atoms with Crippen molar-refractivity contribution in [2.45, 2.75) is 75.1 Å². The molecule has 1 aliphatic heterocycles. The molecule has 3 nitrogen and oxygen atoms in total. The molecule has 1 aliphatic carbocycles. The molecule has 23 heavy (non-hydrogen) atoms. The first-order valence-corrected chi connectivity index (χ1v) is 7.02. The molecule has 0 radical (unpaired) electrons. The van der Waals surface area contributed by atoms with E-state index >= 15 is 0 Å². The lowest BCUT2D eigenvalue weighted by molar-refractivity contribution is -0.411. The fourth-order valence-electron chi connectivity index (χ4n) is 3.45. The Bertz CT molecular complexity index is 537. The molecular weight excluding hydrogens is 330 g/mol. The van der Waals surface area contributed by atoms with Gasteiger partial charge in [-0.05, 0) is 27.7 Å². The van der Waals surface area contributed by atoms with Gasteiger partial charge in [-0.2, -0.15) is 26.3 Å². The third kappa shape index (κ3) is 2.15. The zero-order chi connectivity index (χ0) is 18.3. The first-order valence-electron chi connectivity index (χ1n) is 7.02. The number of aliphatic hydroxyl groups is 1. The van der Waals surface area contributed by atoms with Crippen LogP contribution < -0.4 is 0 Å². The number of Topliss-reactive ketones (excluding diaryl/α,β-unsaturated/α-hetero) is 1. The Hall–Kier alpha value is -0.830. The molecule has 0 amide bonds. The molecule has 1 spiro atoms. The van der Waals surface area contributed by atoms with Crippen LogP contribution in [0.2, 0.25) is 0 Å². The van der Waals surface area contributed by atoms with Gasteiger partial charge in [-0.1, -0.05) is 0 Å². The highest BCUT2D eigenvalue weighted by molar-refractivity contribution is 5.89. The van der Waals surface area contributed by atoms with Gasteiger partial charge in [0.15, 0.2) is 11.4 Å². The second kappa shape index (κ2) is 4.41. The maximum absolute atomic E-state index is 14.5. The van der Waals surface area contributed by atoms with E-state index < -0.39 is 59.1 Å². The van der Waals surface area contributed by atoms with Crippen molar-refractivity contribution in [3.63, 3.8) is 0 Å². The molecule has 1 N–H and O–H groups in total. The van der Waals surface area contributed by atoms with Crippen LogP contribution >= 0.6 is 0 Å². The molecule has 1 heterocycles. The standard InChI is InChI=1S/C14H18F6O3/c1-9(2,22)7-5-12(15,16)14(19,20)13(17,18)11(7)6-8(21)10(3,4)23-11/h7,22H,5-6H2,1-4H3. The molecule has 0 aromatic rings. The van der Waals surface area contributed by atoms with Crippen molar-refractivity contribution in [1.29, 1.82) is 0 Å². The fraction of sp³-hybridized carbons (Fsp3) is 0.929. The van der Waals surface area contributed by atoms with Gasteiger partial charge in [-0.3, -0.25) is 4.79 Å². The first-order chi connectivity index (χ1) is 9.92. The van der Waals surface area contributed by atoms with E-state index in [0.717, 1.165) is 27.7 Å². The van der Waals surface area contributed by atoms with Crippen molar-refractivity contribution in [2.24, 2.45) is 5.92 Å². The number of hydrogen-bond acceptors (Lipinski definition) is 3. The topological polar surface area (TPSA) is 46.5 Å². The van der Waals surface area contributed by atoms with Crippen molar-refractivity contribution in [1.82, 2.24) is 0 Å². The van der Waals surface area contributed by atoms with E-state index in [1.165, 1.54) is 0 Å². The Labute approximate surface area is 129 Å². The Kier molecular flexibility index (Phi) is 3.55. The van der Waals surface area contributed by atoms with Gasteiger partial charge in [0.2, 0.25) is 0 Å². The number of rotatable bonds is 1. The summed E-state index contributed by atoms with van der Waals surface area (Å²) in [4.78, 5) is 11.9. The minimum Gasteiger partial charge on any atom is -0.390 e. The quantitative estimate of drug-likeness (QED) is 0.741. The van der Waals surface area contributed by atoms with E-state index in [2.05, 4.69) is 0 Å². The molecule has 2 rings (SSSR count). The Morgan fingerprint density at radius 2 is 1.57 bits per heavy atom. The van der Waals surface area contributed by atoms with Crippen LogP contribution in [-0.2, 0) is 9.53 Å². The molecule has 2 unspecified atom stereocenters. The number of halogens is 6. The van der Waals surface area contributed by atoms with E-state index in [9.17, 15) is 36.2 Å². The molecule has 0 bridgehead atoms. The molecule has 9 heteroatoms. The summed E-state index contributed by atoms with van der Waals surface area (Å²) in [5.74, 6) is -19.1. The summed E-state index contributed by atoms with van der Waals surface area (Å²) in [6, 6.07) is 0. The molecular formula is C14H18F6O3. The predicted molar refractivity (Wildman–Crippen MR) is 66.8 cm³/mol. The van der Waals surface area contributed by atoms with E-state index in [4.69, 9.17) is 4.74 Å². The number of carbonyl (C=O) groups is 1. The first kappa shape index (κ1) is 18.5.